The summed E-state index contributed by atoms with van der Waals surface area (Å²) in [6.45, 7) is 0.292. The molecule has 5 nitrogen and oxygen atoms in total. The van der Waals surface area contributed by atoms with Crippen molar-refractivity contribution >= 4 is 9.84 Å². The van der Waals surface area contributed by atoms with E-state index in [1.807, 2.05) is 0 Å². The highest BCUT2D eigenvalue weighted by atomic mass is 32.2. The number of hydrogen-bond acceptors (Lipinski definition) is 5. The van der Waals surface area contributed by atoms with Crippen molar-refractivity contribution < 1.29 is 8.42 Å². The van der Waals surface area contributed by atoms with Gasteiger partial charge < -0.3 is 5.73 Å². The Labute approximate surface area is 82.3 Å². The van der Waals surface area contributed by atoms with Gasteiger partial charge >= 0.3 is 0 Å². The van der Waals surface area contributed by atoms with Crippen LogP contribution in [0.25, 0.3) is 0 Å². The molecular formula is C8H11N3O2S. The summed E-state index contributed by atoms with van der Waals surface area (Å²) in [7, 11) is -2.93. The fourth-order valence-corrected chi connectivity index (χ4v) is 2.84. The number of aryl methyl sites for hydroxylation is 1. The van der Waals surface area contributed by atoms with E-state index >= 15 is 0 Å². The molecule has 0 amide bonds. The Bertz CT molecular complexity index is 456. The molecule has 76 valence electrons. The third-order valence-corrected chi connectivity index (χ3v) is 3.79. The van der Waals surface area contributed by atoms with Crippen LogP contribution in [0.4, 0.5) is 0 Å². The number of aromatic nitrogens is 2. The normalized spacial score (nSPS) is 18.9. The van der Waals surface area contributed by atoms with E-state index in [0.717, 1.165) is 5.69 Å². The van der Waals surface area contributed by atoms with Gasteiger partial charge in [0.25, 0.3) is 0 Å². The molecule has 0 saturated carbocycles. The smallest absolute Gasteiger partial charge is 0.154 e. The lowest BCUT2D eigenvalue weighted by atomic mass is 10.2. The first-order valence-corrected chi connectivity index (χ1v) is 6.17. The average molecular weight is 213 g/mol. The van der Waals surface area contributed by atoms with Crippen LogP contribution in [0.2, 0.25) is 0 Å². The van der Waals surface area contributed by atoms with Crippen molar-refractivity contribution in [2.45, 2.75) is 18.7 Å². The highest BCUT2D eigenvalue weighted by molar-refractivity contribution is 7.90. The van der Waals surface area contributed by atoms with E-state index in [2.05, 4.69) is 9.97 Å². The van der Waals surface area contributed by atoms with Crippen LogP contribution in [-0.4, -0.2) is 24.1 Å². The lowest BCUT2D eigenvalue weighted by Gasteiger charge is -2.14. The van der Waals surface area contributed by atoms with E-state index in [4.69, 9.17) is 5.73 Å². The highest BCUT2D eigenvalue weighted by Gasteiger charge is 2.22. The minimum atomic E-state index is -2.93. The molecule has 0 unspecified atom stereocenters. The molecule has 1 aliphatic rings. The topological polar surface area (TPSA) is 85.9 Å². The van der Waals surface area contributed by atoms with Crippen LogP contribution in [0, 0.1) is 0 Å². The number of hydrogen-bond donors (Lipinski definition) is 1. The first-order valence-electron chi connectivity index (χ1n) is 4.35. The average Bonchev–Trinajstić information content (AvgIpc) is 2.16. The van der Waals surface area contributed by atoms with Gasteiger partial charge in [0, 0.05) is 23.9 Å². The van der Waals surface area contributed by atoms with Crippen molar-refractivity contribution in [3.05, 3.63) is 23.3 Å². The largest absolute Gasteiger partial charge is 0.324 e. The zero-order valence-corrected chi connectivity index (χ0v) is 8.42. The SMILES string of the molecule is NCc1ncc2c(n1)CCS(=O)(=O)C2. The fraction of sp³-hybridized carbons (Fsp3) is 0.500. The minimum absolute atomic E-state index is 0.0627. The Morgan fingerprint density at radius 1 is 1.50 bits per heavy atom. The van der Waals surface area contributed by atoms with E-state index in [0.29, 0.717) is 24.4 Å². The van der Waals surface area contributed by atoms with Crippen molar-refractivity contribution in [1.82, 2.24) is 9.97 Å². The molecule has 0 aliphatic carbocycles. The molecule has 14 heavy (non-hydrogen) atoms. The summed E-state index contributed by atoms with van der Waals surface area (Å²) >= 11 is 0. The fourth-order valence-electron chi connectivity index (χ4n) is 1.48. The summed E-state index contributed by atoms with van der Waals surface area (Å²) in [5.41, 5.74) is 6.94. The minimum Gasteiger partial charge on any atom is -0.324 e. The second kappa shape index (κ2) is 3.29. The highest BCUT2D eigenvalue weighted by Crippen LogP contribution is 2.17. The van der Waals surface area contributed by atoms with Gasteiger partial charge in [-0.3, -0.25) is 0 Å². The van der Waals surface area contributed by atoms with Gasteiger partial charge in [0.05, 0.1) is 18.1 Å². The number of nitrogens with two attached hydrogens (primary N) is 1. The van der Waals surface area contributed by atoms with E-state index in [1.54, 1.807) is 6.20 Å². The second-order valence-corrected chi connectivity index (χ2v) is 5.49. The molecule has 2 rings (SSSR count). The Morgan fingerprint density at radius 3 is 3.00 bits per heavy atom. The van der Waals surface area contributed by atoms with Crippen molar-refractivity contribution in [2.75, 3.05) is 5.75 Å². The van der Waals surface area contributed by atoms with Crippen LogP contribution in [0.1, 0.15) is 17.1 Å². The number of rotatable bonds is 1. The van der Waals surface area contributed by atoms with E-state index < -0.39 is 9.84 Å². The van der Waals surface area contributed by atoms with Crippen LogP contribution in [0.3, 0.4) is 0 Å². The molecule has 1 aromatic rings. The molecule has 0 radical (unpaired) electrons. The van der Waals surface area contributed by atoms with Crippen molar-refractivity contribution in [1.29, 1.82) is 0 Å². The summed E-state index contributed by atoms with van der Waals surface area (Å²) in [4.78, 5) is 8.17. The molecule has 2 N–H and O–H groups in total. The van der Waals surface area contributed by atoms with Crippen LogP contribution in [0.15, 0.2) is 6.20 Å². The Kier molecular flexibility index (Phi) is 2.24. The van der Waals surface area contributed by atoms with Gasteiger partial charge in [-0.1, -0.05) is 0 Å². The van der Waals surface area contributed by atoms with E-state index in [1.165, 1.54) is 0 Å². The van der Waals surface area contributed by atoms with Gasteiger partial charge in [-0.25, -0.2) is 18.4 Å². The lowest BCUT2D eigenvalue weighted by Crippen LogP contribution is -2.21. The maximum absolute atomic E-state index is 11.3. The van der Waals surface area contributed by atoms with Gasteiger partial charge in [0.15, 0.2) is 9.84 Å². The first-order chi connectivity index (χ1) is 6.61. The molecule has 1 aromatic heterocycles. The zero-order chi connectivity index (χ0) is 10.2. The van der Waals surface area contributed by atoms with Gasteiger partial charge in [-0.15, -0.1) is 0 Å². The molecule has 0 bridgehead atoms. The Morgan fingerprint density at radius 2 is 2.29 bits per heavy atom. The molecule has 0 spiro atoms. The van der Waals surface area contributed by atoms with Crippen molar-refractivity contribution in [2.24, 2.45) is 5.73 Å². The molecule has 1 aliphatic heterocycles. The molecule has 0 atom stereocenters. The van der Waals surface area contributed by atoms with Crippen molar-refractivity contribution in [3.8, 4) is 0 Å². The quantitative estimate of drug-likeness (QED) is 0.673. The predicted molar refractivity (Wildman–Crippen MR) is 51.1 cm³/mol. The number of nitrogens with zero attached hydrogens (tertiary/aromatic N) is 2. The second-order valence-electron chi connectivity index (χ2n) is 3.30. The van der Waals surface area contributed by atoms with E-state index in [-0.39, 0.29) is 11.5 Å². The predicted octanol–water partition coefficient (Wildman–Crippen LogP) is -0.594. The third kappa shape index (κ3) is 1.76. The lowest BCUT2D eigenvalue weighted by molar-refractivity contribution is 0.590. The molecule has 0 aromatic carbocycles. The summed E-state index contributed by atoms with van der Waals surface area (Å²) in [5.74, 6) is 0.817. The summed E-state index contributed by atoms with van der Waals surface area (Å²) in [6.07, 6.45) is 2.05. The van der Waals surface area contributed by atoms with Gasteiger partial charge in [-0.2, -0.15) is 0 Å². The number of fused-ring (bicyclic) bond motifs is 1. The standard InChI is InChI=1S/C8H11N3O2S/c9-3-8-10-4-6-5-14(12,13)2-1-7(6)11-8/h4H,1-3,5,9H2. The molecular weight excluding hydrogens is 202 g/mol. The van der Waals surface area contributed by atoms with Crippen LogP contribution in [-0.2, 0) is 28.6 Å². The zero-order valence-electron chi connectivity index (χ0n) is 7.60. The monoisotopic (exact) mass is 213 g/mol. The molecule has 0 saturated heterocycles. The van der Waals surface area contributed by atoms with Crippen LogP contribution < -0.4 is 5.73 Å². The van der Waals surface area contributed by atoms with Gasteiger partial charge in [0.2, 0.25) is 0 Å². The Balaban J connectivity index is 2.42. The number of sulfone groups is 1. The van der Waals surface area contributed by atoms with Gasteiger partial charge in [-0.05, 0) is 0 Å². The molecule has 6 heteroatoms. The van der Waals surface area contributed by atoms with Crippen LogP contribution in [0.5, 0.6) is 0 Å². The summed E-state index contributed by atoms with van der Waals surface area (Å²) in [5, 5.41) is 0. The maximum Gasteiger partial charge on any atom is 0.154 e. The third-order valence-electron chi connectivity index (χ3n) is 2.21. The maximum atomic E-state index is 11.3. The van der Waals surface area contributed by atoms with E-state index in [9.17, 15) is 8.42 Å². The summed E-state index contributed by atoms with van der Waals surface area (Å²) < 4.78 is 22.6. The first kappa shape index (κ1) is 9.54. The molecule has 2 heterocycles. The van der Waals surface area contributed by atoms with Crippen LogP contribution >= 0.6 is 0 Å². The molecule has 0 fully saturated rings. The summed E-state index contributed by atoms with van der Waals surface area (Å²) in [6, 6.07) is 0. The van der Waals surface area contributed by atoms with Crippen molar-refractivity contribution in [3.63, 3.8) is 0 Å². The Hall–Kier alpha value is -1.01. The van der Waals surface area contributed by atoms with Gasteiger partial charge in [0.1, 0.15) is 5.82 Å².